The predicted molar refractivity (Wildman–Crippen MR) is 69.8 cm³/mol. The van der Waals surface area contributed by atoms with E-state index in [0.29, 0.717) is 6.42 Å². The molecular weight excluding hydrogens is 236 g/mol. The van der Waals surface area contributed by atoms with Gasteiger partial charge in [-0.05, 0) is 19.4 Å². The van der Waals surface area contributed by atoms with Crippen LogP contribution in [0.1, 0.15) is 51.4 Å². The lowest BCUT2D eigenvalue weighted by atomic mass is 10.0. The van der Waals surface area contributed by atoms with Gasteiger partial charge in [-0.15, -0.1) is 0 Å². The van der Waals surface area contributed by atoms with Crippen molar-refractivity contribution in [2.75, 3.05) is 6.54 Å². The van der Waals surface area contributed by atoms with E-state index in [1.165, 1.54) is 0 Å². The number of nitrogens with two attached hydrogens (primary N) is 1. The molecule has 0 aliphatic rings. The molecule has 0 aliphatic heterocycles. The first-order chi connectivity index (χ1) is 8.09. The fraction of sp³-hybridized carbons (Fsp3) is 0.833. The molecule has 0 aromatic heterocycles. The molecule has 0 rings (SSSR count). The van der Waals surface area contributed by atoms with Crippen LogP contribution in [0.2, 0.25) is 0 Å². The maximum Gasteiger partial charge on any atom is 0.317 e. The average molecular weight is 262 g/mol. The van der Waals surface area contributed by atoms with Gasteiger partial charge < -0.3 is 22.1 Å². The number of hydrogen-bond acceptors (Lipinski definition) is 4. The highest BCUT2D eigenvalue weighted by Gasteiger charge is 2.24. The molecule has 0 spiro atoms. The molecule has 7 N–H and O–H groups in total. The van der Waals surface area contributed by atoms with E-state index in [0.717, 1.165) is 45.1 Å². The SMILES string of the molecule is N.NCCCCCCCCCC(C(=O)O)C(=O)O. The molecule has 6 nitrogen and oxygen atoms in total. The Morgan fingerprint density at radius 1 is 0.833 bits per heavy atom. The number of unbranched alkanes of at least 4 members (excludes halogenated alkanes) is 6. The van der Waals surface area contributed by atoms with Gasteiger partial charge in [-0.25, -0.2) is 0 Å². The maximum absolute atomic E-state index is 10.6. The van der Waals surface area contributed by atoms with Crippen LogP contribution in [0.4, 0.5) is 0 Å². The number of carboxylic acids is 2. The van der Waals surface area contributed by atoms with Gasteiger partial charge in [0.05, 0.1) is 0 Å². The lowest BCUT2D eigenvalue weighted by Crippen LogP contribution is -2.23. The number of hydrogen-bond donors (Lipinski definition) is 4. The Balaban J connectivity index is 0. The minimum absolute atomic E-state index is 0. The number of carboxylic acid groups (broad SMARTS) is 2. The second-order valence-electron chi connectivity index (χ2n) is 4.28. The molecule has 0 aromatic carbocycles. The summed E-state index contributed by atoms with van der Waals surface area (Å²) in [5.41, 5.74) is 5.37. The lowest BCUT2D eigenvalue weighted by Gasteiger charge is -2.06. The van der Waals surface area contributed by atoms with Crippen molar-refractivity contribution in [3.63, 3.8) is 0 Å². The van der Waals surface area contributed by atoms with E-state index < -0.39 is 17.9 Å². The van der Waals surface area contributed by atoms with E-state index in [9.17, 15) is 9.59 Å². The van der Waals surface area contributed by atoms with Crippen LogP contribution >= 0.6 is 0 Å². The monoisotopic (exact) mass is 262 g/mol. The van der Waals surface area contributed by atoms with Crippen LogP contribution in [-0.4, -0.2) is 28.7 Å². The van der Waals surface area contributed by atoms with Crippen LogP contribution in [0.5, 0.6) is 0 Å². The van der Waals surface area contributed by atoms with E-state index in [2.05, 4.69) is 0 Å². The molecule has 18 heavy (non-hydrogen) atoms. The summed E-state index contributed by atoms with van der Waals surface area (Å²) in [6, 6.07) is 0. The van der Waals surface area contributed by atoms with Gasteiger partial charge in [0.1, 0.15) is 0 Å². The molecule has 0 amide bonds. The summed E-state index contributed by atoms with van der Waals surface area (Å²) in [5.74, 6) is -3.71. The second kappa shape index (κ2) is 12.3. The third kappa shape index (κ3) is 10.0. The van der Waals surface area contributed by atoms with Gasteiger partial charge in [0.15, 0.2) is 5.92 Å². The van der Waals surface area contributed by atoms with Gasteiger partial charge in [-0.3, -0.25) is 9.59 Å². The van der Waals surface area contributed by atoms with Crippen molar-refractivity contribution in [2.24, 2.45) is 11.7 Å². The van der Waals surface area contributed by atoms with Gasteiger partial charge in [-0.1, -0.05) is 38.5 Å². The van der Waals surface area contributed by atoms with Gasteiger partial charge in [0, 0.05) is 0 Å². The van der Waals surface area contributed by atoms with Gasteiger partial charge in [0.25, 0.3) is 0 Å². The normalized spacial score (nSPS) is 10.1. The van der Waals surface area contributed by atoms with E-state index >= 15 is 0 Å². The summed E-state index contributed by atoms with van der Waals surface area (Å²) in [6.07, 6.45) is 7.30. The minimum Gasteiger partial charge on any atom is -0.481 e. The fourth-order valence-corrected chi connectivity index (χ4v) is 1.73. The quantitative estimate of drug-likeness (QED) is 0.332. The van der Waals surface area contributed by atoms with E-state index in [1.54, 1.807) is 0 Å². The molecular formula is C12H26N2O4. The van der Waals surface area contributed by atoms with Crippen molar-refractivity contribution >= 4 is 11.9 Å². The number of carbonyl (C=O) groups is 2. The topological polar surface area (TPSA) is 136 Å². The average Bonchev–Trinajstić information content (AvgIpc) is 2.26. The first-order valence-corrected chi connectivity index (χ1v) is 6.25. The molecule has 6 heteroatoms. The molecule has 0 aliphatic carbocycles. The highest BCUT2D eigenvalue weighted by molar-refractivity contribution is 5.92. The smallest absolute Gasteiger partial charge is 0.317 e. The van der Waals surface area contributed by atoms with Crippen LogP contribution in [0.15, 0.2) is 0 Å². The molecule has 0 atom stereocenters. The summed E-state index contributed by atoms with van der Waals surface area (Å²) in [4.78, 5) is 21.2. The Hall–Kier alpha value is -1.14. The molecule has 0 bridgehead atoms. The van der Waals surface area contributed by atoms with Crippen molar-refractivity contribution in [1.29, 1.82) is 0 Å². The van der Waals surface area contributed by atoms with Crippen molar-refractivity contribution in [1.82, 2.24) is 6.15 Å². The van der Waals surface area contributed by atoms with Crippen LogP contribution in [0.25, 0.3) is 0 Å². The Morgan fingerprint density at radius 3 is 1.61 bits per heavy atom. The first kappa shape index (κ1) is 19.2. The summed E-state index contributed by atoms with van der Waals surface area (Å²) >= 11 is 0. The molecule has 0 heterocycles. The third-order valence-corrected chi connectivity index (χ3v) is 2.79. The molecule has 0 unspecified atom stereocenters. The van der Waals surface area contributed by atoms with Crippen molar-refractivity contribution in [2.45, 2.75) is 51.4 Å². The number of aliphatic carboxylic acids is 2. The van der Waals surface area contributed by atoms with E-state index in [1.807, 2.05) is 0 Å². The molecule has 0 saturated carbocycles. The highest BCUT2D eigenvalue weighted by atomic mass is 16.4. The molecule has 108 valence electrons. The van der Waals surface area contributed by atoms with Crippen LogP contribution < -0.4 is 11.9 Å². The van der Waals surface area contributed by atoms with Crippen LogP contribution in [0, 0.1) is 5.92 Å². The number of rotatable bonds is 11. The standard InChI is InChI=1S/C12H23NO4.H3N/c13-9-7-5-3-1-2-4-6-8-10(11(14)15)12(16)17;/h10H,1-9,13H2,(H,14,15)(H,16,17);1H3. The molecule has 0 saturated heterocycles. The van der Waals surface area contributed by atoms with Crippen LogP contribution in [0.3, 0.4) is 0 Å². The zero-order valence-corrected chi connectivity index (χ0v) is 10.9. The first-order valence-electron chi connectivity index (χ1n) is 6.25. The summed E-state index contributed by atoms with van der Waals surface area (Å²) in [5, 5.41) is 17.3. The minimum atomic E-state index is -1.24. The third-order valence-electron chi connectivity index (χ3n) is 2.79. The Kier molecular flexibility index (Phi) is 13.1. The van der Waals surface area contributed by atoms with E-state index in [4.69, 9.17) is 15.9 Å². The van der Waals surface area contributed by atoms with Gasteiger partial charge in [-0.2, -0.15) is 0 Å². The van der Waals surface area contributed by atoms with Gasteiger partial charge in [0.2, 0.25) is 0 Å². The summed E-state index contributed by atoms with van der Waals surface area (Å²) < 4.78 is 0. The predicted octanol–water partition coefficient (Wildman–Crippen LogP) is 2.01. The summed E-state index contributed by atoms with van der Waals surface area (Å²) in [7, 11) is 0. The van der Waals surface area contributed by atoms with Crippen molar-refractivity contribution in [3.05, 3.63) is 0 Å². The Morgan fingerprint density at radius 2 is 1.22 bits per heavy atom. The molecule has 0 aromatic rings. The summed E-state index contributed by atoms with van der Waals surface area (Å²) in [6.45, 7) is 0.735. The fourth-order valence-electron chi connectivity index (χ4n) is 1.73. The van der Waals surface area contributed by atoms with E-state index in [-0.39, 0.29) is 12.6 Å². The largest absolute Gasteiger partial charge is 0.481 e. The Bertz CT molecular complexity index is 220. The highest BCUT2D eigenvalue weighted by Crippen LogP contribution is 2.13. The second-order valence-corrected chi connectivity index (χ2v) is 4.28. The maximum atomic E-state index is 10.6. The van der Waals surface area contributed by atoms with Crippen molar-refractivity contribution < 1.29 is 19.8 Å². The lowest BCUT2D eigenvalue weighted by molar-refractivity contribution is -0.154. The molecule has 0 radical (unpaired) electrons. The zero-order chi connectivity index (χ0) is 13.1. The Labute approximate surface area is 108 Å². The molecule has 0 fully saturated rings. The zero-order valence-electron chi connectivity index (χ0n) is 10.9. The van der Waals surface area contributed by atoms with Crippen molar-refractivity contribution in [3.8, 4) is 0 Å². The van der Waals surface area contributed by atoms with Gasteiger partial charge >= 0.3 is 11.9 Å². The van der Waals surface area contributed by atoms with Crippen LogP contribution in [-0.2, 0) is 9.59 Å².